The van der Waals surface area contributed by atoms with Crippen LogP contribution in [0.4, 0.5) is 0 Å². The predicted molar refractivity (Wildman–Crippen MR) is 167 cm³/mol. The van der Waals surface area contributed by atoms with Crippen molar-refractivity contribution in [1.82, 2.24) is 15.0 Å². The Labute approximate surface area is 234 Å². The van der Waals surface area contributed by atoms with E-state index in [0.29, 0.717) is 17.5 Å². The lowest BCUT2D eigenvalue weighted by Gasteiger charge is -2.12. The normalized spacial score (nSPS) is 11.9. The number of rotatable bonds is 3. The van der Waals surface area contributed by atoms with Gasteiger partial charge in [-0.15, -0.1) is 0 Å². The van der Waals surface area contributed by atoms with E-state index in [-0.39, 0.29) is 0 Å². The summed E-state index contributed by atoms with van der Waals surface area (Å²) >= 11 is 0. The van der Waals surface area contributed by atoms with Gasteiger partial charge in [0, 0.05) is 21.9 Å². The van der Waals surface area contributed by atoms with Crippen molar-refractivity contribution in [2.45, 2.75) is 0 Å². The SMILES string of the molecule is c1ccc(-c2nc(-c3ccccc3)nc(-c3ccc4c5cc6ccccc6cc5c5cccc6oc3c4c65)n2)cc1. The molecule has 0 N–H and O–H groups in total. The van der Waals surface area contributed by atoms with Crippen LogP contribution in [-0.2, 0) is 0 Å². The predicted octanol–water partition coefficient (Wildman–Crippen LogP) is 9.67. The molecule has 0 bridgehead atoms. The number of hydrogen-bond acceptors (Lipinski definition) is 4. The molecule has 0 amide bonds. The third kappa shape index (κ3) is 3.31. The first-order chi connectivity index (χ1) is 20.3. The molecule has 4 nitrogen and oxygen atoms in total. The highest BCUT2D eigenvalue weighted by molar-refractivity contribution is 6.35. The molecule has 9 rings (SSSR count). The maximum Gasteiger partial charge on any atom is 0.167 e. The van der Waals surface area contributed by atoms with E-state index < -0.39 is 0 Å². The molecule has 0 aliphatic carbocycles. The Morgan fingerprint density at radius 3 is 1.61 bits per heavy atom. The smallest absolute Gasteiger partial charge is 0.167 e. The third-order valence-corrected chi connectivity index (χ3v) is 8.05. The van der Waals surface area contributed by atoms with Crippen molar-refractivity contribution in [2.24, 2.45) is 0 Å². The zero-order valence-corrected chi connectivity index (χ0v) is 21.9. The Bertz CT molecular complexity index is 2350. The van der Waals surface area contributed by atoms with Gasteiger partial charge in [0.25, 0.3) is 0 Å². The van der Waals surface area contributed by atoms with E-state index >= 15 is 0 Å². The molecule has 41 heavy (non-hydrogen) atoms. The lowest BCUT2D eigenvalue weighted by atomic mass is 9.91. The standard InChI is InChI=1S/C37H21N3O/c1-3-10-22(11-4-1)35-38-36(23-12-5-2-6-13-23)40-37(39-35)28-19-18-27-30-21-25-15-8-7-14-24(25)20-29(30)26-16-9-17-31-32(26)33(27)34(28)41-31/h1-21H. The average Bonchev–Trinajstić information content (AvgIpc) is 3.44. The molecule has 0 unspecified atom stereocenters. The molecule has 2 heterocycles. The molecule has 9 aromatic rings. The zero-order chi connectivity index (χ0) is 26.9. The van der Waals surface area contributed by atoms with E-state index in [9.17, 15) is 0 Å². The van der Waals surface area contributed by atoms with Gasteiger partial charge in [0.05, 0.1) is 5.56 Å². The molecule has 0 aliphatic heterocycles. The van der Waals surface area contributed by atoms with Crippen molar-refractivity contribution in [2.75, 3.05) is 0 Å². The largest absolute Gasteiger partial charge is 0.455 e. The molecular weight excluding hydrogens is 502 g/mol. The van der Waals surface area contributed by atoms with Gasteiger partial charge in [-0.25, -0.2) is 15.0 Å². The highest BCUT2D eigenvalue weighted by Gasteiger charge is 2.22. The van der Waals surface area contributed by atoms with E-state index in [2.05, 4.69) is 66.7 Å². The molecule has 0 radical (unpaired) electrons. The molecule has 2 aromatic heterocycles. The van der Waals surface area contributed by atoms with Crippen molar-refractivity contribution >= 4 is 54.3 Å². The molecule has 190 valence electrons. The third-order valence-electron chi connectivity index (χ3n) is 8.05. The van der Waals surface area contributed by atoms with Gasteiger partial charge in [-0.2, -0.15) is 0 Å². The van der Waals surface area contributed by atoms with Crippen LogP contribution in [-0.4, -0.2) is 15.0 Å². The summed E-state index contributed by atoms with van der Waals surface area (Å²) in [6, 6.07) is 43.9. The maximum absolute atomic E-state index is 6.66. The Morgan fingerprint density at radius 2 is 0.976 bits per heavy atom. The van der Waals surface area contributed by atoms with Crippen LogP contribution < -0.4 is 0 Å². The Morgan fingerprint density at radius 1 is 0.415 bits per heavy atom. The minimum absolute atomic E-state index is 0.592. The lowest BCUT2D eigenvalue weighted by molar-refractivity contribution is 0.670. The van der Waals surface area contributed by atoms with Crippen LogP contribution in [0, 0.1) is 0 Å². The molecule has 0 saturated heterocycles. The summed E-state index contributed by atoms with van der Waals surface area (Å²) in [5.41, 5.74) is 4.40. The molecule has 0 aliphatic rings. The number of nitrogens with zero attached hydrogens (tertiary/aromatic N) is 3. The van der Waals surface area contributed by atoms with Crippen LogP contribution in [0.25, 0.3) is 88.4 Å². The molecule has 0 fully saturated rings. The van der Waals surface area contributed by atoms with Crippen LogP contribution in [0.15, 0.2) is 132 Å². The van der Waals surface area contributed by atoms with Crippen LogP contribution in [0.3, 0.4) is 0 Å². The number of aromatic nitrogens is 3. The first-order valence-corrected chi connectivity index (χ1v) is 13.7. The van der Waals surface area contributed by atoms with Crippen molar-refractivity contribution in [3.63, 3.8) is 0 Å². The molecular formula is C37H21N3O. The van der Waals surface area contributed by atoms with Crippen molar-refractivity contribution in [3.8, 4) is 34.2 Å². The highest BCUT2D eigenvalue weighted by atomic mass is 16.3. The summed E-state index contributed by atoms with van der Waals surface area (Å²) in [5.74, 6) is 1.86. The van der Waals surface area contributed by atoms with E-state index in [1.807, 2.05) is 60.7 Å². The minimum atomic E-state index is 0.592. The monoisotopic (exact) mass is 523 g/mol. The molecule has 0 saturated carbocycles. The van der Waals surface area contributed by atoms with Crippen LogP contribution in [0.1, 0.15) is 0 Å². The van der Waals surface area contributed by atoms with E-state index in [4.69, 9.17) is 19.4 Å². The van der Waals surface area contributed by atoms with Gasteiger partial charge in [-0.3, -0.25) is 0 Å². The van der Waals surface area contributed by atoms with Gasteiger partial charge >= 0.3 is 0 Å². The summed E-state index contributed by atoms with van der Waals surface area (Å²) in [6.45, 7) is 0. The summed E-state index contributed by atoms with van der Waals surface area (Å²) < 4.78 is 6.66. The molecule has 7 aromatic carbocycles. The van der Waals surface area contributed by atoms with E-state index in [0.717, 1.165) is 38.6 Å². The Balaban J connectivity index is 1.38. The van der Waals surface area contributed by atoms with Crippen LogP contribution in [0.5, 0.6) is 0 Å². The average molecular weight is 524 g/mol. The van der Waals surface area contributed by atoms with Crippen molar-refractivity contribution in [1.29, 1.82) is 0 Å². The van der Waals surface area contributed by atoms with Gasteiger partial charge in [0.1, 0.15) is 11.2 Å². The van der Waals surface area contributed by atoms with E-state index in [1.165, 1.54) is 32.3 Å². The summed E-state index contributed by atoms with van der Waals surface area (Å²) in [6.07, 6.45) is 0. The van der Waals surface area contributed by atoms with Gasteiger partial charge < -0.3 is 4.42 Å². The van der Waals surface area contributed by atoms with Crippen molar-refractivity contribution in [3.05, 3.63) is 127 Å². The maximum atomic E-state index is 6.66. The molecule has 0 atom stereocenters. The number of furan rings is 1. The Hall–Kier alpha value is -5.61. The number of hydrogen-bond donors (Lipinski definition) is 0. The first kappa shape index (κ1) is 22.2. The zero-order valence-electron chi connectivity index (χ0n) is 21.9. The fourth-order valence-electron chi connectivity index (χ4n) is 6.16. The summed E-state index contributed by atoms with van der Waals surface area (Å²) in [7, 11) is 0. The van der Waals surface area contributed by atoms with Gasteiger partial charge in [0.2, 0.25) is 0 Å². The van der Waals surface area contributed by atoms with Crippen LogP contribution in [0.2, 0.25) is 0 Å². The quantitative estimate of drug-likeness (QED) is 0.171. The second-order valence-electron chi connectivity index (χ2n) is 10.4. The fraction of sp³-hybridized carbons (Fsp3) is 0. The van der Waals surface area contributed by atoms with E-state index in [1.54, 1.807) is 0 Å². The Kier molecular flexibility index (Phi) is 4.58. The number of benzene rings is 7. The van der Waals surface area contributed by atoms with Gasteiger partial charge in [-0.05, 0) is 56.6 Å². The van der Waals surface area contributed by atoms with Crippen molar-refractivity contribution < 1.29 is 4.42 Å². The minimum Gasteiger partial charge on any atom is -0.455 e. The molecule has 0 spiro atoms. The molecule has 4 heteroatoms. The highest BCUT2D eigenvalue weighted by Crippen LogP contribution is 2.46. The topological polar surface area (TPSA) is 51.8 Å². The summed E-state index contributed by atoms with van der Waals surface area (Å²) in [5, 5.41) is 9.51. The fourth-order valence-corrected chi connectivity index (χ4v) is 6.16. The number of fused-ring (bicyclic) bond motifs is 4. The van der Waals surface area contributed by atoms with Crippen LogP contribution >= 0.6 is 0 Å². The lowest BCUT2D eigenvalue weighted by Crippen LogP contribution is -2.00. The van der Waals surface area contributed by atoms with Gasteiger partial charge in [-0.1, -0.05) is 103 Å². The second kappa shape index (κ2) is 8.44. The second-order valence-corrected chi connectivity index (χ2v) is 10.4. The van der Waals surface area contributed by atoms with Gasteiger partial charge in [0.15, 0.2) is 17.5 Å². The summed E-state index contributed by atoms with van der Waals surface area (Å²) in [4.78, 5) is 14.9. The first-order valence-electron chi connectivity index (χ1n) is 13.7.